The summed E-state index contributed by atoms with van der Waals surface area (Å²) in [7, 11) is -0.951. The summed E-state index contributed by atoms with van der Waals surface area (Å²) < 4.78 is 24.6. The van der Waals surface area contributed by atoms with Crippen LogP contribution < -0.4 is 0 Å². The van der Waals surface area contributed by atoms with Gasteiger partial charge in [0.25, 0.3) is 0 Å². The van der Waals surface area contributed by atoms with Crippen LogP contribution in [0, 0.1) is 5.82 Å². The molecule has 0 amide bonds. The zero-order valence-corrected chi connectivity index (χ0v) is 10.1. The Hall–Kier alpha value is -1.48. The van der Waals surface area contributed by atoms with Gasteiger partial charge in [-0.3, -0.25) is 4.21 Å². The molecule has 2 aromatic carbocycles. The molecule has 0 radical (unpaired) electrons. The van der Waals surface area contributed by atoms with Crippen LogP contribution in [0.15, 0.2) is 54.6 Å². The van der Waals surface area contributed by atoms with E-state index in [1.54, 1.807) is 12.1 Å². The van der Waals surface area contributed by atoms with Gasteiger partial charge in [-0.1, -0.05) is 42.5 Å². The molecule has 1 atom stereocenters. The lowest BCUT2D eigenvalue weighted by molar-refractivity contribution is 0.627. The van der Waals surface area contributed by atoms with Gasteiger partial charge in [0.2, 0.25) is 0 Å². The van der Waals surface area contributed by atoms with Gasteiger partial charge in [-0.2, -0.15) is 0 Å². The summed E-state index contributed by atoms with van der Waals surface area (Å²) >= 11 is 0. The summed E-state index contributed by atoms with van der Waals surface area (Å²) in [4.78, 5) is 0. The summed E-state index contributed by atoms with van der Waals surface area (Å²) in [6, 6.07) is 15.9. The van der Waals surface area contributed by atoms with Crippen LogP contribution in [-0.2, 0) is 22.3 Å². The highest BCUT2D eigenvalue weighted by Gasteiger charge is 2.03. The van der Waals surface area contributed by atoms with E-state index in [9.17, 15) is 8.60 Å². The predicted octanol–water partition coefficient (Wildman–Crippen LogP) is 3.27. The van der Waals surface area contributed by atoms with Crippen LogP contribution in [0.2, 0.25) is 0 Å². The van der Waals surface area contributed by atoms with Crippen molar-refractivity contribution < 1.29 is 8.60 Å². The van der Waals surface area contributed by atoms with Crippen molar-refractivity contribution >= 4 is 10.8 Å². The Balaban J connectivity index is 1.96. The third-order valence-corrected chi connectivity index (χ3v) is 3.72. The molecule has 0 aliphatic heterocycles. The lowest BCUT2D eigenvalue weighted by Gasteiger charge is -2.03. The average Bonchev–Trinajstić information content (AvgIpc) is 2.33. The van der Waals surface area contributed by atoms with Gasteiger partial charge in [0, 0.05) is 22.3 Å². The Bertz CT molecular complexity index is 493. The maximum absolute atomic E-state index is 12.7. The number of benzene rings is 2. The Morgan fingerprint density at radius 2 is 1.35 bits per heavy atom. The zero-order valence-electron chi connectivity index (χ0n) is 9.30. The number of halogens is 1. The van der Waals surface area contributed by atoms with Crippen molar-refractivity contribution in [2.24, 2.45) is 0 Å². The molecule has 3 heteroatoms. The van der Waals surface area contributed by atoms with Crippen molar-refractivity contribution in [3.05, 3.63) is 71.5 Å². The maximum atomic E-state index is 12.7. The molecule has 0 aliphatic carbocycles. The van der Waals surface area contributed by atoms with E-state index in [2.05, 4.69) is 0 Å². The van der Waals surface area contributed by atoms with Crippen LogP contribution in [0.25, 0.3) is 0 Å². The zero-order chi connectivity index (χ0) is 12.1. The first-order valence-electron chi connectivity index (χ1n) is 5.37. The van der Waals surface area contributed by atoms with Crippen LogP contribution in [0.4, 0.5) is 4.39 Å². The maximum Gasteiger partial charge on any atom is 0.123 e. The minimum absolute atomic E-state index is 0.261. The highest BCUT2D eigenvalue weighted by molar-refractivity contribution is 7.83. The minimum Gasteiger partial charge on any atom is -0.259 e. The van der Waals surface area contributed by atoms with E-state index in [1.165, 1.54) is 12.1 Å². The third kappa shape index (κ3) is 3.79. The van der Waals surface area contributed by atoms with Crippen LogP contribution in [0.5, 0.6) is 0 Å². The monoisotopic (exact) mass is 248 g/mol. The molecule has 1 nitrogen and oxygen atoms in total. The van der Waals surface area contributed by atoms with E-state index < -0.39 is 10.8 Å². The van der Waals surface area contributed by atoms with E-state index in [0.29, 0.717) is 11.5 Å². The van der Waals surface area contributed by atoms with Gasteiger partial charge in [-0.05, 0) is 23.3 Å². The van der Waals surface area contributed by atoms with Gasteiger partial charge in [0.05, 0.1) is 0 Å². The fraction of sp³-hybridized carbons (Fsp3) is 0.143. The topological polar surface area (TPSA) is 17.1 Å². The highest BCUT2D eigenvalue weighted by Crippen LogP contribution is 2.09. The van der Waals surface area contributed by atoms with Gasteiger partial charge in [0.15, 0.2) is 0 Å². The average molecular weight is 248 g/mol. The second-order valence-corrected chi connectivity index (χ2v) is 5.30. The quantitative estimate of drug-likeness (QED) is 0.811. The summed E-state index contributed by atoms with van der Waals surface area (Å²) in [6.45, 7) is 0. The molecule has 0 aliphatic rings. The fourth-order valence-corrected chi connectivity index (χ4v) is 2.81. The molecule has 0 fully saturated rings. The van der Waals surface area contributed by atoms with Gasteiger partial charge in [-0.15, -0.1) is 0 Å². The molecule has 1 unspecified atom stereocenters. The number of hydrogen-bond acceptors (Lipinski definition) is 1. The largest absolute Gasteiger partial charge is 0.259 e. The SMILES string of the molecule is O=S(Cc1ccccc1)Cc1ccc(F)cc1. The van der Waals surface area contributed by atoms with E-state index in [1.807, 2.05) is 30.3 Å². The molecule has 0 N–H and O–H groups in total. The summed E-state index contributed by atoms with van der Waals surface area (Å²) in [5.74, 6) is 0.746. The van der Waals surface area contributed by atoms with Crippen LogP contribution in [0.1, 0.15) is 11.1 Å². The van der Waals surface area contributed by atoms with Gasteiger partial charge >= 0.3 is 0 Å². The molecule has 2 aromatic rings. The van der Waals surface area contributed by atoms with Gasteiger partial charge < -0.3 is 0 Å². The predicted molar refractivity (Wildman–Crippen MR) is 68.4 cm³/mol. The molecule has 0 heterocycles. The first-order chi connectivity index (χ1) is 8.24. The second kappa shape index (κ2) is 5.73. The molecule has 0 aromatic heterocycles. The molecule has 88 valence electrons. The fourth-order valence-electron chi connectivity index (χ4n) is 1.58. The lowest BCUT2D eigenvalue weighted by Crippen LogP contribution is -1.99. The molecular weight excluding hydrogens is 235 g/mol. The second-order valence-electron chi connectivity index (χ2n) is 3.84. The Labute approximate surface area is 103 Å². The summed E-state index contributed by atoms with van der Waals surface area (Å²) in [5.41, 5.74) is 1.97. The Morgan fingerprint density at radius 1 is 0.824 bits per heavy atom. The molecule has 17 heavy (non-hydrogen) atoms. The Kier molecular flexibility index (Phi) is 4.04. The number of hydrogen-bond donors (Lipinski definition) is 0. The smallest absolute Gasteiger partial charge is 0.123 e. The van der Waals surface area contributed by atoms with E-state index in [4.69, 9.17) is 0 Å². The molecule has 2 rings (SSSR count). The van der Waals surface area contributed by atoms with E-state index in [-0.39, 0.29) is 5.82 Å². The summed E-state index contributed by atoms with van der Waals surface area (Å²) in [6.07, 6.45) is 0. The van der Waals surface area contributed by atoms with Crippen LogP contribution in [-0.4, -0.2) is 4.21 Å². The number of rotatable bonds is 4. The lowest BCUT2D eigenvalue weighted by atomic mass is 10.2. The van der Waals surface area contributed by atoms with Crippen molar-refractivity contribution in [1.29, 1.82) is 0 Å². The van der Waals surface area contributed by atoms with Crippen molar-refractivity contribution in [1.82, 2.24) is 0 Å². The minimum atomic E-state index is -0.951. The molecule has 0 saturated heterocycles. The van der Waals surface area contributed by atoms with E-state index in [0.717, 1.165) is 11.1 Å². The molecule has 0 saturated carbocycles. The van der Waals surface area contributed by atoms with Gasteiger partial charge in [-0.25, -0.2) is 4.39 Å². The van der Waals surface area contributed by atoms with E-state index >= 15 is 0 Å². The third-order valence-electron chi connectivity index (χ3n) is 2.41. The van der Waals surface area contributed by atoms with Crippen LogP contribution in [0.3, 0.4) is 0 Å². The van der Waals surface area contributed by atoms with Crippen molar-refractivity contribution in [2.45, 2.75) is 11.5 Å². The first kappa shape index (κ1) is 12.0. The molecule has 0 spiro atoms. The molecular formula is C14H13FOS. The molecule has 0 bridgehead atoms. The normalized spacial score (nSPS) is 12.3. The van der Waals surface area contributed by atoms with Crippen molar-refractivity contribution in [2.75, 3.05) is 0 Å². The summed E-state index contributed by atoms with van der Waals surface area (Å²) in [5, 5.41) is 0. The van der Waals surface area contributed by atoms with Crippen molar-refractivity contribution in [3.8, 4) is 0 Å². The van der Waals surface area contributed by atoms with Crippen molar-refractivity contribution in [3.63, 3.8) is 0 Å². The standard InChI is InChI=1S/C14H13FOS/c15-14-8-6-13(7-9-14)11-17(16)10-12-4-2-1-3-5-12/h1-9H,10-11H2. The Morgan fingerprint density at radius 3 is 1.94 bits per heavy atom. The highest BCUT2D eigenvalue weighted by atomic mass is 32.2. The van der Waals surface area contributed by atoms with Gasteiger partial charge in [0.1, 0.15) is 5.82 Å². The first-order valence-corrected chi connectivity index (χ1v) is 6.86. The van der Waals surface area contributed by atoms with Crippen LogP contribution >= 0.6 is 0 Å².